The van der Waals surface area contributed by atoms with Gasteiger partial charge in [0.1, 0.15) is 11.5 Å². The fourth-order valence-electron chi connectivity index (χ4n) is 1.87. The zero-order chi connectivity index (χ0) is 14.5. The van der Waals surface area contributed by atoms with Gasteiger partial charge in [0.2, 0.25) is 0 Å². The maximum Gasteiger partial charge on any atom is 0.162 e. The van der Waals surface area contributed by atoms with Gasteiger partial charge in [0.25, 0.3) is 0 Å². The van der Waals surface area contributed by atoms with Crippen molar-refractivity contribution in [1.82, 2.24) is 0 Å². The van der Waals surface area contributed by atoms with Crippen LogP contribution in [0.2, 0.25) is 0 Å². The van der Waals surface area contributed by atoms with Crippen LogP contribution in [-0.4, -0.2) is 6.04 Å². The summed E-state index contributed by atoms with van der Waals surface area (Å²) in [6.45, 7) is 2.02. The number of halogens is 2. The second-order valence-electron chi connectivity index (χ2n) is 4.66. The first-order valence-electron chi connectivity index (χ1n) is 6.56. The van der Waals surface area contributed by atoms with Crippen molar-refractivity contribution in [2.45, 2.75) is 25.8 Å². The van der Waals surface area contributed by atoms with Crippen LogP contribution in [-0.2, 0) is 6.42 Å². The quantitative estimate of drug-likeness (QED) is 0.895. The highest BCUT2D eigenvalue weighted by Gasteiger charge is 2.09. The van der Waals surface area contributed by atoms with Crippen molar-refractivity contribution in [2.24, 2.45) is 5.73 Å². The number of hydrogen-bond acceptors (Lipinski definition) is 2. The lowest BCUT2D eigenvalue weighted by atomic mass is 10.0. The predicted molar refractivity (Wildman–Crippen MR) is 74.8 cm³/mol. The van der Waals surface area contributed by atoms with Gasteiger partial charge in [0, 0.05) is 12.1 Å². The van der Waals surface area contributed by atoms with Gasteiger partial charge >= 0.3 is 0 Å². The smallest absolute Gasteiger partial charge is 0.162 e. The Hall–Kier alpha value is -1.94. The Bertz CT molecular complexity index is 586. The Morgan fingerprint density at radius 2 is 1.85 bits per heavy atom. The Morgan fingerprint density at radius 3 is 2.55 bits per heavy atom. The lowest BCUT2D eigenvalue weighted by Gasteiger charge is -2.14. The van der Waals surface area contributed by atoms with E-state index in [1.54, 1.807) is 6.07 Å². The van der Waals surface area contributed by atoms with E-state index in [4.69, 9.17) is 10.5 Å². The number of ether oxygens (including phenoxy) is 1. The summed E-state index contributed by atoms with van der Waals surface area (Å²) in [5.74, 6) is -0.937. The molecular weight excluding hydrogens is 260 g/mol. The molecule has 2 aromatic rings. The lowest BCUT2D eigenvalue weighted by molar-refractivity contribution is 0.455. The molecule has 2 rings (SSSR count). The standard InChI is InChI=1S/C16H17F2NO/c1-2-12(19)9-11-5-3-4-6-16(11)20-13-7-8-14(17)15(18)10-13/h3-8,10,12H,2,9,19H2,1H3. The molecule has 2 nitrogen and oxygen atoms in total. The molecule has 0 amide bonds. The van der Waals surface area contributed by atoms with Crippen LogP contribution in [0.5, 0.6) is 11.5 Å². The monoisotopic (exact) mass is 277 g/mol. The minimum atomic E-state index is -0.926. The van der Waals surface area contributed by atoms with Gasteiger partial charge in [-0.1, -0.05) is 25.1 Å². The zero-order valence-electron chi connectivity index (χ0n) is 11.3. The molecule has 0 saturated carbocycles. The molecule has 1 atom stereocenters. The van der Waals surface area contributed by atoms with E-state index >= 15 is 0 Å². The summed E-state index contributed by atoms with van der Waals surface area (Å²) in [5.41, 5.74) is 6.90. The fraction of sp³-hybridized carbons (Fsp3) is 0.250. The minimum absolute atomic E-state index is 0.0460. The first kappa shape index (κ1) is 14.5. The summed E-state index contributed by atoms with van der Waals surface area (Å²) in [4.78, 5) is 0. The number of nitrogens with two attached hydrogens (primary N) is 1. The molecule has 0 aromatic heterocycles. The molecule has 0 bridgehead atoms. The van der Waals surface area contributed by atoms with Crippen LogP contribution in [0.3, 0.4) is 0 Å². The van der Waals surface area contributed by atoms with E-state index in [0.29, 0.717) is 12.2 Å². The largest absolute Gasteiger partial charge is 0.457 e. The van der Waals surface area contributed by atoms with E-state index < -0.39 is 11.6 Å². The van der Waals surface area contributed by atoms with Gasteiger partial charge in [0.15, 0.2) is 11.6 Å². The van der Waals surface area contributed by atoms with Crippen molar-refractivity contribution in [3.05, 3.63) is 59.7 Å². The molecule has 0 spiro atoms. The highest BCUT2D eigenvalue weighted by molar-refractivity contribution is 5.38. The van der Waals surface area contributed by atoms with E-state index in [1.165, 1.54) is 6.07 Å². The van der Waals surface area contributed by atoms with Crippen LogP contribution in [0.15, 0.2) is 42.5 Å². The molecular formula is C16H17F2NO. The predicted octanol–water partition coefficient (Wildman–Crippen LogP) is 4.04. The van der Waals surface area contributed by atoms with E-state index in [-0.39, 0.29) is 11.8 Å². The average Bonchev–Trinajstić information content (AvgIpc) is 2.45. The van der Waals surface area contributed by atoms with Crippen LogP contribution in [0.1, 0.15) is 18.9 Å². The van der Waals surface area contributed by atoms with Crippen molar-refractivity contribution in [1.29, 1.82) is 0 Å². The Kier molecular flexibility index (Phi) is 4.69. The molecule has 4 heteroatoms. The van der Waals surface area contributed by atoms with Gasteiger partial charge < -0.3 is 10.5 Å². The molecule has 0 fully saturated rings. The molecule has 20 heavy (non-hydrogen) atoms. The van der Waals surface area contributed by atoms with Crippen molar-refractivity contribution < 1.29 is 13.5 Å². The molecule has 0 radical (unpaired) electrons. The normalized spacial score (nSPS) is 12.2. The highest BCUT2D eigenvalue weighted by Crippen LogP contribution is 2.27. The van der Waals surface area contributed by atoms with Crippen LogP contribution >= 0.6 is 0 Å². The molecule has 0 aliphatic rings. The first-order valence-corrected chi connectivity index (χ1v) is 6.56. The number of benzene rings is 2. The van der Waals surface area contributed by atoms with Gasteiger partial charge in [-0.2, -0.15) is 0 Å². The van der Waals surface area contributed by atoms with Crippen LogP contribution in [0.25, 0.3) is 0 Å². The van der Waals surface area contributed by atoms with Crippen molar-refractivity contribution in [3.8, 4) is 11.5 Å². The summed E-state index contributed by atoms with van der Waals surface area (Å²) in [5, 5.41) is 0. The average molecular weight is 277 g/mol. The summed E-state index contributed by atoms with van der Waals surface area (Å²) in [6.07, 6.45) is 1.54. The van der Waals surface area contributed by atoms with E-state index in [0.717, 1.165) is 24.1 Å². The Labute approximate surface area is 117 Å². The number of para-hydroxylation sites is 1. The Balaban J connectivity index is 2.22. The van der Waals surface area contributed by atoms with Gasteiger partial charge in [-0.25, -0.2) is 8.78 Å². The van der Waals surface area contributed by atoms with Gasteiger partial charge in [-0.3, -0.25) is 0 Å². The molecule has 0 heterocycles. The van der Waals surface area contributed by atoms with E-state index in [9.17, 15) is 8.78 Å². The minimum Gasteiger partial charge on any atom is -0.457 e. The maximum absolute atomic E-state index is 13.2. The van der Waals surface area contributed by atoms with Crippen LogP contribution in [0, 0.1) is 11.6 Å². The summed E-state index contributed by atoms with van der Waals surface area (Å²) in [7, 11) is 0. The van der Waals surface area contributed by atoms with Gasteiger partial charge in [-0.15, -0.1) is 0 Å². The lowest BCUT2D eigenvalue weighted by Crippen LogP contribution is -2.21. The molecule has 0 aliphatic heterocycles. The fourth-order valence-corrected chi connectivity index (χ4v) is 1.87. The molecule has 2 aromatic carbocycles. The van der Waals surface area contributed by atoms with E-state index in [2.05, 4.69) is 0 Å². The summed E-state index contributed by atoms with van der Waals surface area (Å²) >= 11 is 0. The van der Waals surface area contributed by atoms with Gasteiger partial charge in [-0.05, 0) is 36.6 Å². The van der Waals surface area contributed by atoms with Crippen molar-refractivity contribution in [2.75, 3.05) is 0 Å². The maximum atomic E-state index is 13.2. The topological polar surface area (TPSA) is 35.2 Å². The van der Waals surface area contributed by atoms with Crippen LogP contribution < -0.4 is 10.5 Å². The second kappa shape index (κ2) is 6.48. The highest BCUT2D eigenvalue weighted by atomic mass is 19.2. The molecule has 106 valence electrons. The molecule has 2 N–H and O–H groups in total. The van der Waals surface area contributed by atoms with Gasteiger partial charge in [0.05, 0.1) is 0 Å². The summed E-state index contributed by atoms with van der Waals surface area (Å²) in [6, 6.07) is 11.0. The van der Waals surface area contributed by atoms with Crippen molar-refractivity contribution >= 4 is 0 Å². The number of hydrogen-bond donors (Lipinski definition) is 1. The zero-order valence-corrected chi connectivity index (χ0v) is 11.3. The third kappa shape index (κ3) is 3.54. The molecule has 1 unspecified atom stereocenters. The van der Waals surface area contributed by atoms with E-state index in [1.807, 2.05) is 25.1 Å². The third-order valence-electron chi connectivity index (χ3n) is 3.10. The SMILES string of the molecule is CCC(N)Cc1ccccc1Oc1ccc(F)c(F)c1. The third-order valence-corrected chi connectivity index (χ3v) is 3.10. The number of rotatable bonds is 5. The molecule has 0 saturated heterocycles. The van der Waals surface area contributed by atoms with Crippen molar-refractivity contribution in [3.63, 3.8) is 0 Å². The second-order valence-corrected chi connectivity index (χ2v) is 4.66. The first-order chi connectivity index (χ1) is 9.60. The van der Waals surface area contributed by atoms with Crippen LogP contribution in [0.4, 0.5) is 8.78 Å². The summed E-state index contributed by atoms with van der Waals surface area (Å²) < 4.78 is 31.7. The Morgan fingerprint density at radius 1 is 1.10 bits per heavy atom. The molecule has 0 aliphatic carbocycles.